The van der Waals surface area contributed by atoms with Gasteiger partial charge >= 0.3 is 0 Å². The molecule has 0 heterocycles. The van der Waals surface area contributed by atoms with Gasteiger partial charge in [0, 0.05) is 24.4 Å². The number of carbonyl (C=O) groups excluding carboxylic acids is 1. The van der Waals surface area contributed by atoms with E-state index in [-0.39, 0.29) is 30.5 Å². The van der Waals surface area contributed by atoms with Crippen molar-refractivity contribution in [2.24, 2.45) is 5.92 Å². The lowest BCUT2D eigenvalue weighted by Gasteiger charge is -2.21. The van der Waals surface area contributed by atoms with Crippen molar-refractivity contribution in [3.8, 4) is 0 Å². The fourth-order valence-electron chi connectivity index (χ4n) is 1.70. The molecule has 0 spiro atoms. The van der Waals surface area contributed by atoms with Gasteiger partial charge in [-0.3, -0.25) is 4.79 Å². The van der Waals surface area contributed by atoms with Gasteiger partial charge in [0.2, 0.25) is 0 Å². The third-order valence-corrected chi connectivity index (χ3v) is 3.12. The summed E-state index contributed by atoms with van der Waals surface area (Å²) >= 11 is 0. The van der Waals surface area contributed by atoms with E-state index in [0.717, 1.165) is 5.69 Å². The highest BCUT2D eigenvalue weighted by Gasteiger charge is 2.17. The molecule has 1 rings (SSSR count). The summed E-state index contributed by atoms with van der Waals surface area (Å²) in [7, 11) is 0. The third-order valence-electron chi connectivity index (χ3n) is 3.12. The Morgan fingerprint density at radius 3 is 2.42 bits per heavy atom. The smallest absolute Gasteiger partial charge is 0.253 e. The van der Waals surface area contributed by atoms with Crippen LogP contribution in [0.15, 0.2) is 24.3 Å². The molecule has 4 heteroatoms. The van der Waals surface area contributed by atoms with Gasteiger partial charge in [0.1, 0.15) is 0 Å². The van der Waals surface area contributed by atoms with Crippen LogP contribution in [0.4, 0.5) is 5.69 Å². The van der Waals surface area contributed by atoms with E-state index in [0.29, 0.717) is 5.56 Å². The second-order valence-electron chi connectivity index (χ2n) is 5.27. The maximum Gasteiger partial charge on any atom is 0.253 e. The minimum absolute atomic E-state index is 0.0363. The van der Waals surface area contributed by atoms with E-state index in [1.54, 1.807) is 6.07 Å². The molecule has 4 nitrogen and oxygen atoms in total. The number of hydrogen-bond acceptors (Lipinski definition) is 3. The van der Waals surface area contributed by atoms with Crippen molar-refractivity contribution in [3.05, 3.63) is 29.8 Å². The van der Waals surface area contributed by atoms with E-state index in [1.165, 1.54) is 0 Å². The largest absolute Gasteiger partial charge is 0.396 e. The van der Waals surface area contributed by atoms with Crippen LogP contribution in [0.2, 0.25) is 0 Å². The highest BCUT2D eigenvalue weighted by molar-refractivity contribution is 5.99. The van der Waals surface area contributed by atoms with Crippen LogP contribution in [0.1, 0.15) is 38.1 Å². The summed E-state index contributed by atoms with van der Waals surface area (Å²) < 4.78 is 0. The number of rotatable bonds is 6. The summed E-state index contributed by atoms with van der Waals surface area (Å²) in [6.07, 6.45) is 0. The first kappa shape index (κ1) is 15.5. The molecule has 0 bridgehead atoms. The maximum absolute atomic E-state index is 12.2. The SMILES string of the molecule is CC(C)Nc1ccccc1C(=O)NC(C)C(C)CO. The van der Waals surface area contributed by atoms with Crippen LogP contribution < -0.4 is 10.6 Å². The fourth-order valence-corrected chi connectivity index (χ4v) is 1.70. The van der Waals surface area contributed by atoms with E-state index < -0.39 is 0 Å². The van der Waals surface area contributed by atoms with E-state index >= 15 is 0 Å². The zero-order valence-electron chi connectivity index (χ0n) is 12.1. The molecule has 0 aliphatic rings. The highest BCUT2D eigenvalue weighted by atomic mass is 16.3. The number of benzene rings is 1. The van der Waals surface area contributed by atoms with Crippen LogP contribution in [0.25, 0.3) is 0 Å². The van der Waals surface area contributed by atoms with Gasteiger partial charge in [0.15, 0.2) is 0 Å². The molecule has 0 aliphatic carbocycles. The maximum atomic E-state index is 12.2. The predicted molar refractivity (Wildman–Crippen MR) is 78.4 cm³/mol. The Hall–Kier alpha value is -1.55. The number of para-hydroxylation sites is 1. The van der Waals surface area contributed by atoms with Crippen molar-refractivity contribution >= 4 is 11.6 Å². The Kier molecular flexibility index (Phi) is 5.83. The summed E-state index contributed by atoms with van der Waals surface area (Å²) in [5.41, 5.74) is 1.46. The van der Waals surface area contributed by atoms with Gasteiger partial charge in [-0.1, -0.05) is 19.1 Å². The molecule has 2 atom stereocenters. The summed E-state index contributed by atoms with van der Waals surface area (Å²) in [5.74, 6) is -0.0780. The molecule has 3 N–H and O–H groups in total. The molecule has 0 fully saturated rings. The molecule has 1 amide bonds. The normalized spacial score (nSPS) is 14.0. The lowest BCUT2D eigenvalue weighted by molar-refractivity contribution is 0.0917. The molecule has 0 aromatic heterocycles. The Morgan fingerprint density at radius 2 is 1.84 bits per heavy atom. The first-order valence-electron chi connectivity index (χ1n) is 6.73. The van der Waals surface area contributed by atoms with E-state index in [4.69, 9.17) is 5.11 Å². The second-order valence-corrected chi connectivity index (χ2v) is 5.27. The van der Waals surface area contributed by atoms with Crippen LogP contribution in [0, 0.1) is 5.92 Å². The van der Waals surface area contributed by atoms with Crippen LogP contribution >= 0.6 is 0 Å². The van der Waals surface area contributed by atoms with Gasteiger partial charge in [-0.05, 0) is 38.8 Å². The van der Waals surface area contributed by atoms with E-state index in [2.05, 4.69) is 10.6 Å². The first-order chi connectivity index (χ1) is 8.95. The summed E-state index contributed by atoms with van der Waals surface area (Å²) in [4.78, 5) is 12.2. The highest BCUT2D eigenvalue weighted by Crippen LogP contribution is 2.16. The lowest BCUT2D eigenvalue weighted by atomic mass is 10.0. The van der Waals surface area contributed by atoms with Crippen molar-refractivity contribution in [1.29, 1.82) is 0 Å². The quantitative estimate of drug-likeness (QED) is 0.738. The van der Waals surface area contributed by atoms with Gasteiger partial charge in [-0.2, -0.15) is 0 Å². The monoisotopic (exact) mass is 264 g/mol. The molecular weight excluding hydrogens is 240 g/mol. The van der Waals surface area contributed by atoms with Gasteiger partial charge in [-0.25, -0.2) is 0 Å². The minimum atomic E-state index is -0.114. The average molecular weight is 264 g/mol. The topological polar surface area (TPSA) is 61.4 Å². The number of hydrogen-bond donors (Lipinski definition) is 3. The molecule has 2 unspecified atom stereocenters. The third kappa shape index (κ3) is 4.56. The molecular formula is C15H24N2O2. The molecule has 1 aromatic carbocycles. The average Bonchev–Trinajstić information content (AvgIpc) is 2.37. The predicted octanol–water partition coefficient (Wildman–Crippen LogP) is 2.25. The Bertz CT molecular complexity index is 418. The molecule has 0 saturated heterocycles. The molecule has 0 saturated carbocycles. The summed E-state index contributed by atoms with van der Waals surface area (Å²) in [5, 5.41) is 15.3. The van der Waals surface area contributed by atoms with Crippen molar-refractivity contribution in [2.75, 3.05) is 11.9 Å². The summed E-state index contributed by atoms with van der Waals surface area (Å²) in [6.45, 7) is 7.93. The minimum Gasteiger partial charge on any atom is -0.396 e. The zero-order valence-corrected chi connectivity index (χ0v) is 12.1. The van der Waals surface area contributed by atoms with Crippen molar-refractivity contribution in [2.45, 2.75) is 39.8 Å². The van der Waals surface area contributed by atoms with Gasteiger partial charge in [0.25, 0.3) is 5.91 Å². The van der Waals surface area contributed by atoms with E-state index in [1.807, 2.05) is 45.9 Å². The van der Waals surface area contributed by atoms with Crippen LogP contribution in [-0.4, -0.2) is 29.7 Å². The number of aliphatic hydroxyl groups is 1. The van der Waals surface area contributed by atoms with Gasteiger partial charge < -0.3 is 15.7 Å². The Morgan fingerprint density at radius 1 is 1.21 bits per heavy atom. The number of aliphatic hydroxyl groups excluding tert-OH is 1. The number of nitrogens with one attached hydrogen (secondary N) is 2. The molecule has 106 valence electrons. The van der Waals surface area contributed by atoms with Crippen LogP contribution in [0.5, 0.6) is 0 Å². The molecule has 19 heavy (non-hydrogen) atoms. The summed E-state index contributed by atoms with van der Waals surface area (Å²) in [6, 6.07) is 7.65. The standard InChI is InChI=1S/C15H24N2O2/c1-10(2)16-14-8-6-5-7-13(14)15(19)17-12(4)11(3)9-18/h5-8,10-12,16,18H,9H2,1-4H3,(H,17,19). The zero-order chi connectivity index (χ0) is 14.4. The van der Waals surface area contributed by atoms with Gasteiger partial charge in [0.05, 0.1) is 5.56 Å². The second kappa shape index (κ2) is 7.14. The lowest BCUT2D eigenvalue weighted by Crippen LogP contribution is -2.38. The fraction of sp³-hybridized carbons (Fsp3) is 0.533. The number of carbonyl (C=O) groups is 1. The first-order valence-corrected chi connectivity index (χ1v) is 6.73. The molecule has 0 aliphatic heterocycles. The Labute approximate surface area is 115 Å². The molecule has 0 radical (unpaired) electrons. The van der Waals surface area contributed by atoms with E-state index in [9.17, 15) is 4.79 Å². The van der Waals surface area contributed by atoms with Crippen molar-refractivity contribution in [3.63, 3.8) is 0 Å². The van der Waals surface area contributed by atoms with Crippen LogP contribution in [0.3, 0.4) is 0 Å². The number of amides is 1. The number of anilines is 1. The van der Waals surface area contributed by atoms with Crippen molar-refractivity contribution < 1.29 is 9.90 Å². The van der Waals surface area contributed by atoms with Gasteiger partial charge in [-0.15, -0.1) is 0 Å². The van der Waals surface area contributed by atoms with Crippen molar-refractivity contribution in [1.82, 2.24) is 5.32 Å². The Balaban J connectivity index is 2.82. The van der Waals surface area contributed by atoms with Crippen LogP contribution in [-0.2, 0) is 0 Å². The molecule has 1 aromatic rings.